The predicted octanol–water partition coefficient (Wildman–Crippen LogP) is 4.60. The fraction of sp³-hybridized carbons (Fsp3) is 0.550. The maximum atomic E-state index is 11.4. The van der Waals surface area contributed by atoms with Gasteiger partial charge in [-0.15, -0.1) is 6.58 Å². The second kappa shape index (κ2) is 11.9. The van der Waals surface area contributed by atoms with Gasteiger partial charge in [0.15, 0.2) is 0 Å². The van der Waals surface area contributed by atoms with Crippen molar-refractivity contribution in [3.63, 3.8) is 0 Å². The van der Waals surface area contributed by atoms with Gasteiger partial charge in [0, 0.05) is 0 Å². The number of hydrogen-bond acceptors (Lipinski definition) is 2. The van der Waals surface area contributed by atoms with Crippen LogP contribution in [0, 0.1) is 5.92 Å². The average molecular weight is 318 g/mol. The molecule has 1 rings (SSSR count). The molecule has 3 nitrogen and oxygen atoms in total. The smallest absolute Gasteiger partial charge is 0.309 e. The monoisotopic (exact) mass is 318 g/mol. The van der Waals surface area contributed by atoms with E-state index in [4.69, 9.17) is 0 Å². The topological polar surface area (TPSA) is 57.5 Å². The predicted molar refractivity (Wildman–Crippen MR) is 94.4 cm³/mol. The van der Waals surface area contributed by atoms with E-state index in [1.807, 2.05) is 36.4 Å². The summed E-state index contributed by atoms with van der Waals surface area (Å²) in [4.78, 5) is 11.4. The van der Waals surface area contributed by atoms with Crippen molar-refractivity contribution in [1.29, 1.82) is 0 Å². The zero-order valence-corrected chi connectivity index (χ0v) is 14.0. The van der Waals surface area contributed by atoms with E-state index < -0.39 is 18.0 Å². The molecule has 0 aliphatic rings. The van der Waals surface area contributed by atoms with E-state index >= 15 is 0 Å². The van der Waals surface area contributed by atoms with Crippen molar-refractivity contribution in [1.82, 2.24) is 0 Å². The molecule has 0 spiro atoms. The first-order valence-electron chi connectivity index (χ1n) is 8.71. The lowest BCUT2D eigenvalue weighted by Gasteiger charge is -2.19. The van der Waals surface area contributed by atoms with Gasteiger partial charge in [0.05, 0.1) is 12.0 Å². The molecule has 3 heteroatoms. The minimum Gasteiger partial charge on any atom is -0.481 e. The fourth-order valence-electron chi connectivity index (χ4n) is 2.82. The SMILES string of the molecule is C=CCCCCCCC[C@@H](O)[C@@H](CCc1ccccc1)C(=O)O. The summed E-state index contributed by atoms with van der Waals surface area (Å²) in [5.74, 6) is -1.56. The van der Waals surface area contributed by atoms with Crippen LogP contribution in [0.15, 0.2) is 43.0 Å². The molecule has 0 aliphatic heterocycles. The molecule has 2 N–H and O–H groups in total. The Morgan fingerprint density at radius 1 is 1.04 bits per heavy atom. The van der Waals surface area contributed by atoms with Crippen LogP contribution in [0.25, 0.3) is 0 Å². The number of carbonyl (C=O) groups is 1. The Balaban J connectivity index is 2.27. The zero-order chi connectivity index (χ0) is 16.9. The van der Waals surface area contributed by atoms with Crippen LogP contribution >= 0.6 is 0 Å². The summed E-state index contributed by atoms with van der Waals surface area (Å²) in [5.41, 5.74) is 1.12. The van der Waals surface area contributed by atoms with Gasteiger partial charge in [0.1, 0.15) is 0 Å². The molecule has 0 amide bonds. The van der Waals surface area contributed by atoms with Gasteiger partial charge < -0.3 is 10.2 Å². The highest BCUT2D eigenvalue weighted by molar-refractivity contribution is 5.70. The van der Waals surface area contributed by atoms with Crippen LogP contribution in [0.1, 0.15) is 56.9 Å². The number of carboxylic acids is 1. The van der Waals surface area contributed by atoms with Crippen molar-refractivity contribution in [2.45, 2.75) is 63.9 Å². The van der Waals surface area contributed by atoms with E-state index in [1.165, 1.54) is 12.8 Å². The molecule has 0 saturated carbocycles. The van der Waals surface area contributed by atoms with Crippen LogP contribution in [-0.4, -0.2) is 22.3 Å². The van der Waals surface area contributed by atoms with Crippen LogP contribution in [-0.2, 0) is 11.2 Å². The molecular weight excluding hydrogens is 288 g/mol. The molecule has 0 saturated heterocycles. The van der Waals surface area contributed by atoms with Crippen LogP contribution in [0.2, 0.25) is 0 Å². The van der Waals surface area contributed by atoms with Gasteiger partial charge in [-0.2, -0.15) is 0 Å². The van der Waals surface area contributed by atoms with Crippen molar-refractivity contribution < 1.29 is 15.0 Å². The first-order chi connectivity index (χ1) is 11.1. The molecule has 23 heavy (non-hydrogen) atoms. The Bertz CT molecular complexity index is 441. The van der Waals surface area contributed by atoms with E-state index in [1.54, 1.807) is 0 Å². The number of rotatable bonds is 13. The minimum atomic E-state index is -0.889. The van der Waals surface area contributed by atoms with Crippen molar-refractivity contribution in [3.05, 3.63) is 48.6 Å². The lowest BCUT2D eigenvalue weighted by molar-refractivity contribution is -0.146. The summed E-state index contributed by atoms with van der Waals surface area (Å²) in [6, 6.07) is 9.84. The molecule has 1 aromatic rings. The molecule has 0 bridgehead atoms. The quantitative estimate of drug-likeness (QED) is 0.413. The standard InChI is InChI=1S/C20H30O3/c1-2-3-4-5-6-7-11-14-19(21)18(20(22)23)16-15-17-12-9-8-10-13-17/h2,8-10,12-13,18-19,21H,1,3-7,11,14-16H2,(H,22,23)/t18-,19-/m1/s1. The highest BCUT2D eigenvalue weighted by Gasteiger charge is 2.25. The number of carboxylic acid groups (broad SMARTS) is 1. The summed E-state index contributed by atoms with van der Waals surface area (Å²) in [6.07, 6.45) is 9.44. The third-order valence-electron chi connectivity index (χ3n) is 4.28. The molecule has 1 aromatic carbocycles. The summed E-state index contributed by atoms with van der Waals surface area (Å²) < 4.78 is 0. The molecule has 0 unspecified atom stereocenters. The van der Waals surface area contributed by atoms with Crippen molar-refractivity contribution in [2.24, 2.45) is 5.92 Å². The zero-order valence-electron chi connectivity index (χ0n) is 14.0. The Morgan fingerprint density at radius 3 is 2.35 bits per heavy atom. The van der Waals surface area contributed by atoms with Gasteiger partial charge in [0.25, 0.3) is 0 Å². The van der Waals surface area contributed by atoms with E-state index in [2.05, 4.69) is 6.58 Å². The number of hydrogen-bond donors (Lipinski definition) is 2. The lowest BCUT2D eigenvalue weighted by atomic mass is 9.91. The summed E-state index contributed by atoms with van der Waals surface area (Å²) in [5, 5.41) is 19.6. The van der Waals surface area contributed by atoms with E-state index in [0.29, 0.717) is 19.3 Å². The van der Waals surface area contributed by atoms with Crippen LogP contribution in [0.4, 0.5) is 0 Å². The van der Waals surface area contributed by atoms with E-state index in [0.717, 1.165) is 31.2 Å². The van der Waals surface area contributed by atoms with Gasteiger partial charge in [-0.3, -0.25) is 4.79 Å². The largest absolute Gasteiger partial charge is 0.481 e. The Labute approximate surface area is 140 Å². The number of allylic oxidation sites excluding steroid dienone is 1. The molecule has 2 atom stereocenters. The van der Waals surface area contributed by atoms with Gasteiger partial charge in [-0.1, -0.05) is 62.1 Å². The second-order valence-electron chi connectivity index (χ2n) is 6.17. The molecule has 0 aromatic heterocycles. The van der Waals surface area contributed by atoms with Crippen LogP contribution < -0.4 is 0 Å². The molecular formula is C20H30O3. The molecule has 0 heterocycles. The summed E-state index contributed by atoms with van der Waals surface area (Å²) in [7, 11) is 0. The molecule has 0 fully saturated rings. The Kier molecular flexibility index (Phi) is 10.0. The molecule has 0 aliphatic carbocycles. The normalized spacial score (nSPS) is 13.4. The number of aliphatic hydroxyl groups is 1. The number of aliphatic hydroxyl groups excluding tert-OH is 1. The van der Waals surface area contributed by atoms with Crippen LogP contribution in [0.3, 0.4) is 0 Å². The van der Waals surface area contributed by atoms with Crippen LogP contribution in [0.5, 0.6) is 0 Å². The number of aryl methyl sites for hydroxylation is 1. The van der Waals surface area contributed by atoms with Gasteiger partial charge >= 0.3 is 5.97 Å². The number of aliphatic carboxylic acids is 1. The minimum absolute atomic E-state index is 0.486. The second-order valence-corrected chi connectivity index (χ2v) is 6.17. The maximum Gasteiger partial charge on any atom is 0.309 e. The Hall–Kier alpha value is -1.61. The molecule has 0 radical (unpaired) electrons. The van der Waals surface area contributed by atoms with E-state index in [9.17, 15) is 15.0 Å². The third kappa shape index (κ3) is 8.56. The average Bonchev–Trinajstić information content (AvgIpc) is 2.55. The summed E-state index contributed by atoms with van der Waals surface area (Å²) >= 11 is 0. The number of benzene rings is 1. The first kappa shape index (κ1) is 19.4. The highest BCUT2D eigenvalue weighted by atomic mass is 16.4. The van der Waals surface area contributed by atoms with E-state index in [-0.39, 0.29) is 0 Å². The summed E-state index contributed by atoms with van der Waals surface area (Å²) in [6.45, 7) is 3.70. The maximum absolute atomic E-state index is 11.4. The van der Waals surface area contributed by atoms with Gasteiger partial charge in [0.2, 0.25) is 0 Å². The fourth-order valence-corrected chi connectivity index (χ4v) is 2.82. The molecule has 128 valence electrons. The van der Waals surface area contributed by atoms with Crippen molar-refractivity contribution in [3.8, 4) is 0 Å². The first-order valence-corrected chi connectivity index (χ1v) is 8.71. The number of unbranched alkanes of at least 4 members (excludes halogenated alkanes) is 5. The van der Waals surface area contributed by atoms with Gasteiger partial charge in [-0.05, 0) is 37.7 Å². The highest BCUT2D eigenvalue weighted by Crippen LogP contribution is 2.19. The van der Waals surface area contributed by atoms with Crippen molar-refractivity contribution >= 4 is 5.97 Å². The van der Waals surface area contributed by atoms with Gasteiger partial charge in [-0.25, -0.2) is 0 Å². The Morgan fingerprint density at radius 2 is 1.70 bits per heavy atom. The third-order valence-corrected chi connectivity index (χ3v) is 4.28. The lowest BCUT2D eigenvalue weighted by Crippen LogP contribution is -2.28. The van der Waals surface area contributed by atoms with Crippen molar-refractivity contribution in [2.75, 3.05) is 0 Å².